The smallest absolute Gasteiger partial charge is 0.337 e. The molecule has 2 fully saturated rings. The van der Waals surface area contributed by atoms with Gasteiger partial charge in [0.25, 0.3) is 5.91 Å². The molecular formula is C22H21Cl2N3O4. The third kappa shape index (κ3) is 4.26. The minimum absolute atomic E-state index is 0.143. The number of carbonyl (C=O) groups is 3. The van der Waals surface area contributed by atoms with Crippen molar-refractivity contribution in [1.82, 2.24) is 4.90 Å². The van der Waals surface area contributed by atoms with Gasteiger partial charge in [0.15, 0.2) is 0 Å². The van der Waals surface area contributed by atoms with Gasteiger partial charge in [0, 0.05) is 31.9 Å². The fraction of sp³-hybridized carbons (Fsp3) is 0.318. The van der Waals surface area contributed by atoms with E-state index in [-0.39, 0.29) is 18.2 Å². The van der Waals surface area contributed by atoms with Gasteiger partial charge in [-0.1, -0.05) is 23.2 Å². The molecule has 0 aromatic heterocycles. The molecule has 0 aliphatic carbocycles. The molecule has 0 bridgehead atoms. The van der Waals surface area contributed by atoms with E-state index in [9.17, 15) is 14.4 Å². The van der Waals surface area contributed by atoms with E-state index in [0.29, 0.717) is 47.5 Å². The molecule has 0 radical (unpaired) electrons. The van der Waals surface area contributed by atoms with Crippen LogP contribution in [0, 0.1) is 0 Å². The Morgan fingerprint density at radius 2 is 1.58 bits per heavy atom. The number of amides is 2. The molecule has 31 heavy (non-hydrogen) atoms. The summed E-state index contributed by atoms with van der Waals surface area (Å²) in [4.78, 5) is 42.7. The highest BCUT2D eigenvalue weighted by Gasteiger charge is 2.43. The molecule has 2 amide bonds. The summed E-state index contributed by atoms with van der Waals surface area (Å²) in [5.41, 5.74) is 1.80. The number of esters is 1. The Hall–Kier alpha value is -2.61. The molecule has 9 heteroatoms. The second kappa shape index (κ2) is 8.86. The van der Waals surface area contributed by atoms with Gasteiger partial charge < -0.3 is 9.64 Å². The van der Waals surface area contributed by atoms with Gasteiger partial charge in [-0.3, -0.25) is 14.5 Å². The molecule has 0 saturated carbocycles. The lowest BCUT2D eigenvalue weighted by atomic mass is 10.1. The van der Waals surface area contributed by atoms with Crippen LogP contribution < -0.4 is 9.80 Å². The number of benzene rings is 2. The SMILES string of the molecule is COC(=O)c1ccc(N2C(=O)CC(N3CCN(c4ccc(Cl)c(Cl)c4)CC3)C2=O)cc1. The van der Waals surface area contributed by atoms with Crippen LogP contribution in [-0.4, -0.2) is 62.0 Å². The quantitative estimate of drug-likeness (QED) is 0.514. The fourth-order valence-electron chi connectivity index (χ4n) is 4.01. The highest BCUT2D eigenvalue weighted by Crippen LogP contribution is 2.30. The zero-order chi connectivity index (χ0) is 22.1. The number of carbonyl (C=O) groups excluding carboxylic acids is 3. The molecule has 0 N–H and O–H groups in total. The Morgan fingerprint density at radius 3 is 2.19 bits per heavy atom. The van der Waals surface area contributed by atoms with E-state index in [2.05, 4.69) is 14.5 Å². The first kappa shape index (κ1) is 21.6. The molecule has 1 unspecified atom stereocenters. The molecular weight excluding hydrogens is 441 g/mol. The molecule has 2 heterocycles. The lowest BCUT2D eigenvalue weighted by Crippen LogP contribution is -2.52. The summed E-state index contributed by atoms with van der Waals surface area (Å²) < 4.78 is 4.68. The van der Waals surface area contributed by atoms with Crippen LogP contribution in [0.15, 0.2) is 42.5 Å². The fourth-order valence-corrected chi connectivity index (χ4v) is 4.30. The van der Waals surface area contributed by atoms with Crippen LogP contribution in [0.4, 0.5) is 11.4 Å². The maximum absolute atomic E-state index is 13.1. The van der Waals surface area contributed by atoms with Crippen LogP contribution >= 0.6 is 23.2 Å². The van der Waals surface area contributed by atoms with E-state index in [1.165, 1.54) is 12.0 Å². The third-order valence-electron chi connectivity index (χ3n) is 5.69. The van der Waals surface area contributed by atoms with Gasteiger partial charge >= 0.3 is 5.97 Å². The number of methoxy groups -OCH3 is 1. The van der Waals surface area contributed by atoms with Crippen molar-refractivity contribution in [3.05, 3.63) is 58.1 Å². The number of anilines is 2. The Bertz CT molecular complexity index is 1020. The van der Waals surface area contributed by atoms with E-state index in [1.54, 1.807) is 30.3 Å². The zero-order valence-corrected chi connectivity index (χ0v) is 18.4. The van der Waals surface area contributed by atoms with Gasteiger partial charge in [-0.15, -0.1) is 0 Å². The van der Waals surface area contributed by atoms with Gasteiger partial charge in [0.2, 0.25) is 5.91 Å². The summed E-state index contributed by atoms with van der Waals surface area (Å²) in [6, 6.07) is 11.3. The van der Waals surface area contributed by atoms with Gasteiger partial charge in [-0.25, -0.2) is 9.69 Å². The van der Waals surface area contributed by atoms with Crippen LogP contribution in [0.25, 0.3) is 0 Å². The van der Waals surface area contributed by atoms with Crippen LogP contribution in [0.5, 0.6) is 0 Å². The van der Waals surface area contributed by atoms with Crippen LogP contribution in [0.1, 0.15) is 16.8 Å². The minimum atomic E-state index is -0.483. The summed E-state index contributed by atoms with van der Waals surface area (Å²) >= 11 is 12.1. The number of rotatable bonds is 4. The minimum Gasteiger partial charge on any atom is -0.465 e. The number of nitrogens with zero attached hydrogens (tertiary/aromatic N) is 3. The van der Waals surface area contributed by atoms with Crippen LogP contribution in [0.2, 0.25) is 10.0 Å². The first-order chi connectivity index (χ1) is 14.9. The highest BCUT2D eigenvalue weighted by molar-refractivity contribution is 6.42. The first-order valence-corrected chi connectivity index (χ1v) is 10.6. The van der Waals surface area contributed by atoms with E-state index in [4.69, 9.17) is 23.2 Å². The number of imide groups is 1. The molecule has 2 saturated heterocycles. The third-order valence-corrected chi connectivity index (χ3v) is 6.43. The van der Waals surface area contributed by atoms with Crippen molar-refractivity contribution in [3.8, 4) is 0 Å². The lowest BCUT2D eigenvalue weighted by molar-refractivity contribution is -0.123. The molecule has 2 aromatic rings. The molecule has 2 aliphatic rings. The van der Waals surface area contributed by atoms with Crippen molar-refractivity contribution in [1.29, 1.82) is 0 Å². The monoisotopic (exact) mass is 461 g/mol. The normalized spacial score (nSPS) is 19.8. The van der Waals surface area contributed by atoms with Crippen molar-refractivity contribution in [3.63, 3.8) is 0 Å². The van der Waals surface area contributed by atoms with Crippen LogP contribution in [-0.2, 0) is 14.3 Å². The Kier molecular flexibility index (Phi) is 6.18. The summed E-state index contributed by atoms with van der Waals surface area (Å²) in [6.07, 6.45) is 0.143. The maximum atomic E-state index is 13.1. The number of piperazine rings is 1. The van der Waals surface area contributed by atoms with Crippen molar-refractivity contribution >= 4 is 52.4 Å². The van der Waals surface area contributed by atoms with Gasteiger partial charge in [0.1, 0.15) is 0 Å². The van der Waals surface area contributed by atoms with E-state index in [1.807, 2.05) is 12.1 Å². The molecule has 2 aliphatic heterocycles. The molecule has 1 atom stereocenters. The largest absolute Gasteiger partial charge is 0.465 e. The standard InChI is InChI=1S/C22H21Cl2N3O4/c1-31-22(30)14-2-4-15(5-3-14)27-20(28)13-19(21(27)29)26-10-8-25(9-11-26)16-6-7-17(23)18(24)12-16/h2-7,12,19H,8-11,13H2,1H3. The van der Waals surface area contributed by atoms with Gasteiger partial charge in [-0.05, 0) is 42.5 Å². The van der Waals surface area contributed by atoms with Gasteiger partial charge in [0.05, 0.1) is 40.9 Å². The number of hydrogen-bond donors (Lipinski definition) is 0. The predicted octanol–water partition coefficient (Wildman–Crippen LogP) is 3.23. The second-order valence-corrected chi connectivity index (χ2v) is 8.26. The Morgan fingerprint density at radius 1 is 0.935 bits per heavy atom. The molecule has 162 valence electrons. The topological polar surface area (TPSA) is 70.2 Å². The Labute approximate surface area is 190 Å². The van der Waals surface area contributed by atoms with E-state index < -0.39 is 12.0 Å². The van der Waals surface area contributed by atoms with Crippen molar-refractivity contribution < 1.29 is 19.1 Å². The van der Waals surface area contributed by atoms with Crippen molar-refractivity contribution in [2.45, 2.75) is 12.5 Å². The van der Waals surface area contributed by atoms with E-state index >= 15 is 0 Å². The zero-order valence-electron chi connectivity index (χ0n) is 16.9. The number of ether oxygens (including phenoxy) is 1. The maximum Gasteiger partial charge on any atom is 0.337 e. The summed E-state index contributed by atoms with van der Waals surface area (Å²) in [5.74, 6) is -0.949. The highest BCUT2D eigenvalue weighted by atomic mass is 35.5. The van der Waals surface area contributed by atoms with Crippen molar-refractivity contribution in [2.24, 2.45) is 0 Å². The molecule has 2 aromatic carbocycles. The summed E-state index contributed by atoms with van der Waals surface area (Å²) in [5, 5.41) is 1.02. The molecule has 4 rings (SSSR count). The lowest BCUT2D eigenvalue weighted by Gasteiger charge is -2.38. The average Bonchev–Trinajstić information content (AvgIpc) is 3.09. The number of halogens is 2. The first-order valence-electron chi connectivity index (χ1n) is 9.88. The average molecular weight is 462 g/mol. The molecule has 7 nitrogen and oxygen atoms in total. The second-order valence-electron chi connectivity index (χ2n) is 7.45. The predicted molar refractivity (Wildman–Crippen MR) is 119 cm³/mol. The van der Waals surface area contributed by atoms with Crippen LogP contribution in [0.3, 0.4) is 0 Å². The number of hydrogen-bond acceptors (Lipinski definition) is 6. The summed E-state index contributed by atoms with van der Waals surface area (Å²) in [6.45, 7) is 2.73. The Balaban J connectivity index is 1.42. The van der Waals surface area contributed by atoms with E-state index in [0.717, 1.165) is 5.69 Å². The van der Waals surface area contributed by atoms with Crippen molar-refractivity contribution in [2.75, 3.05) is 43.1 Å². The summed E-state index contributed by atoms with van der Waals surface area (Å²) in [7, 11) is 1.30. The molecule has 0 spiro atoms. The van der Waals surface area contributed by atoms with Gasteiger partial charge in [-0.2, -0.15) is 0 Å².